The highest BCUT2D eigenvalue weighted by molar-refractivity contribution is 5.90. The van der Waals surface area contributed by atoms with Crippen LogP contribution in [0, 0.1) is 0 Å². The second kappa shape index (κ2) is 4.87. The van der Waals surface area contributed by atoms with E-state index in [4.69, 9.17) is 14.2 Å². The van der Waals surface area contributed by atoms with Gasteiger partial charge in [0.15, 0.2) is 11.5 Å². The van der Waals surface area contributed by atoms with Crippen LogP contribution in [-0.2, 0) is 0 Å². The Morgan fingerprint density at radius 2 is 1.86 bits per heavy atom. The molecule has 0 saturated carbocycles. The Morgan fingerprint density at radius 1 is 1.05 bits per heavy atom. The number of fused-ring (bicyclic) bond motifs is 2. The van der Waals surface area contributed by atoms with Gasteiger partial charge >= 0.3 is 0 Å². The number of methoxy groups -OCH3 is 1. The van der Waals surface area contributed by atoms with Crippen molar-refractivity contribution in [2.45, 2.75) is 0 Å². The third-order valence-corrected chi connectivity index (χ3v) is 3.80. The van der Waals surface area contributed by atoms with Gasteiger partial charge in [-0.3, -0.25) is 4.57 Å². The third-order valence-electron chi connectivity index (χ3n) is 3.80. The lowest BCUT2D eigenvalue weighted by Crippen LogP contribution is -2.15. The molecule has 2 heterocycles. The predicted molar refractivity (Wildman–Crippen MR) is 82.5 cm³/mol. The third kappa shape index (κ3) is 1.94. The first-order chi connectivity index (χ1) is 10.8. The van der Waals surface area contributed by atoms with Gasteiger partial charge in [-0.25, -0.2) is 0 Å². The van der Waals surface area contributed by atoms with Crippen LogP contribution in [-0.4, -0.2) is 30.0 Å². The summed E-state index contributed by atoms with van der Waals surface area (Å²) >= 11 is 0. The SMILES string of the molecule is COc1ccc2cn(-c3ccc4c(c3)OCCO4)c(O)c2c1. The minimum Gasteiger partial charge on any atom is -0.497 e. The Labute approximate surface area is 127 Å². The molecule has 5 heteroatoms. The van der Waals surface area contributed by atoms with Crippen molar-refractivity contribution in [2.24, 2.45) is 0 Å². The summed E-state index contributed by atoms with van der Waals surface area (Å²) in [6, 6.07) is 11.2. The molecule has 4 rings (SSSR count). The second-order valence-corrected chi connectivity index (χ2v) is 5.10. The smallest absolute Gasteiger partial charge is 0.203 e. The van der Waals surface area contributed by atoms with Crippen molar-refractivity contribution in [3.05, 3.63) is 42.6 Å². The van der Waals surface area contributed by atoms with Crippen molar-refractivity contribution >= 4 is 10.8 Å². The average Bonchev–Trinajstić information content (AvgIpc) is 2.90. The van der Waals surface area contributed by atoms with Gasteiger partial charge in [0, 0.05) is 23.0 Å². The molecular formula is C17H15NO4. The van der Waals surface area contributed by atoms with E-state index in [1.54, 1.807) is 11.7 Å². The molecular weight excluding hydrogens is 282 g/mol. The highest BCUT2D eigenvalue weighted by Crippen LogP contribution is 2.36. The summed E-state index contributed by atoms with van der Waals surface area (Å²) in [5.41, 5.74) is 0.817. The van der Waals surface area contributed by atoms with Crippen LogP contribution in [0.2, 0.25) is 0 Å². The van der Waals surface area contributed by atoms with E-state index in [1.807, 2.05) is 42.6 Å². The van der Waals surface area contributed by atoms with Gasteiger partial charge < -0.3 is 19.3 Å². The maximum Gasteiger partial charge on any atom is 0.203 e. The molecule has 0 radical (unpaired) electrons. The first-order valence-corrected chi connectivity index (χ1v) is 7.04. The molecule has 2 aromatic carbocycles. The van der Waals surface area contributed by atoms with Crippen LogP contribution in [0.4, 0.5) is 0 Å². The molecule has 0 bridgehead atoms. The summed E-state index contributed by atoms with van der Waals surface area (Å²) in [6.45, 7) is 1.10. The van der Waals surface area contributed by atoms with E-state index < -0.39 is 0 Å². The Morgan fingerprint density at radius 3 is 2.68 bits per heavy atom. The first-order valence-electron chi connectivity index (χ1n) is 7.04. The van der Waals surface area contributed by atoms with Crippen molar-refractivity contribution in [1.82, 2.24) is 4.57 Å². The monoisotopic (exact) mass is 297 g/mol. The largest absolute Gasteiger partial charge is 0.497 e. The van der Waals surface area contributed by atoms with E-state index in [0.717, 1.165) is 22.2 Å². The number of aromatic nitrogens is 1. The number of hydrogen-bond acceptors (Lipinski definition) is 4. The fourth-order valence-electron chi connectivity index (χ4n) is 2.68. The molecule has 0 saturated heterocycles. The molecule has 1 aliphatic rings. The second-order valence-electron chi connectivity index (χ2n) is 5.10. The molecule has 0 aliphatic carbocycles. The lowest BCUT2D eigenvalue weighted by atomic mass is 10.2. The van der Waals surface area contributed by atoms with Crippen molar-refractivity contribution in [3.8, 4) is 28.8 Å². The highest BCUT2D eigenvalue weighted by atomic mass is 16.6. The average molecular weight is 297 g/mol. The lowest BCUT2D eigenvalue weighted by molar-refractivity contribution is 0.171. The van der Waals surface area contributed by atoms with Crippen molar-refractivity contribution in [1.29, 1.82) is 0 Å². The van der Waals surface area contributed by atoms with E-state index in [-0.39, 0.29) is 5.88 Å². The van der Waals surface area contributed by atoms with Crippen molar-refractivity contribution in [2.75, 3.05) is 20.3 Å². The Balaban J connectivity index is 1.85. The van der Waals surface area contributed by atoms with E-state index in [2.05, 4.69) is 0 Å². The van der Waals surface area contributed by atoms with E-state index in [1.165, 1.54) is 0 Å². The van der Waals surface area contributed by atoms with Crippen LogP contribution in [0.25, 0.3) is 16.5 Å². The Kier molecular flexibility index (Phi) is 2.85. The van der Waals surface area contributed by atoms with Crippen LogP contribution in [0.15, 0.2) is 42.6 Å². The summed E-state index contributed by atoms with van der Waals surface area (Å²) in [6.07, 6.45) is 1.88. The van der Waals surface area contributed by atoms with Crippen LogP contribution in [0.3, 0.4) is 0 Å². The van der Waals surface area contributed by atoms with Crippen molar-refractivity contribution in [3.63, 3.8) is 0 Å². The number of aromatic hydroxyl groups is 1. The summed E-state index contributed by atoms with van der Waals surface area (Å²) in [4.78, 5) is 0. The van der Waals surface area contributed by atoms with Gasteiger partial charge in [0.1, 0.15) is 19.0 Å². The number of rotatable bonds is 2. The lowest BCUT2D eigenvalue weighted by Gasteiger charge is -2.19. The van der Waals surface area contributed by atoms with E-state index >= 15 is 0 Å². The van der Waals surface area contributed by atoms with Gasteiger partial charge in [0.2, 0.25) is 5.88 Å². The summed E-state index contributed by atoms with van der Waals surface area (Å²) < 4.78 is 18.1. The molecule has 1 aromatic heterocycles. The summed E-state index contributed by atoms with van der Waals surface area (Å²) in [7, 11) is 1.61. The molecule has 0 amide bonds. The normalized spacial score (nSPS) is 13.3. The van der Waals surface area contributed by atoms with Gasteiger partial charge in [-0.2, -0.15) is 0 Å². The molecule has 0 spiro atoms. The fraction of sp³-hybridized carbons (Fsp3) is 0.176. The number of benzene rings is 2. The number of ether oxygens (including phenoxy) is 3. The zero-order chi connectivity index (χ0) is 15.1. The van der Waals surface area contributed by atoms with Crippen LogP contribution < -0.4 is 14.2 Å². The standard InChI is InChI=1S/C17H15NO4/c1-20-13-4-2-11-10-18(17(19)14(11)9-13)12-3-5-15-16(8-12)22-7-6-21-15/h2-5,8-10,19H,6-7H2,1H3. The molecule has 0 fully saturated rings. The van der Waals surface area contributed by atoms with Gasteiger partial charge in [0.05, 0.1) is 12.8 Å². The predicted octanol–water partition coefficient (Wildman–Crippen LogP) is 3.12. The van der Waals surface area contributed by atoms with Crippen molar-refractivity contribution < 1.29 is 19.3 Å². The topological polar surface area (TPSA) is 52.9 Å². The van der Waals surface area contributed by atoms with Gasteiger partial charge in [0.25, 0.3) is 0 Å². The molecule has 112 valence electrons. The number of hydrogen-bond donors (Lipinski definition) is 1. The molecule has 0 atom stereocenters. The van der Waals surface area contributed by atoms with Crippen LogP contribution in [0.5, 0.6) is 23.1 Å². The quantitative estimate of drug-likeness (QED) is 0.789. The highest BCUT2D eigenvalue weighted by Gasteiger charge is 2.15. The molecule has 3 aromatic rings. The Bertz CT molecular complexity index is 853. The zero-order valence-electron chi connectivity index (χ0n) is 12.1. The molecule has 22 heavy (non-hydrogen) atoms. The zero-order valence-corrected chi connectivity index (χ0v) is 12.1. The summed E-state index contributed by atoms with van der Waals surface area (Å²) in [5, 5.41) is 12.2. The molecule has 0 unspecified atom stereocenters. The number of nitrogens with zero attached hydrogens (tertiary/aromatic N) is 1. The molecule has 1 N–H and O–H groups in total. The maximum absolute atomic E-state index is 10.5. The fourth-order valence-corrected chi connectivity index (χ4v) is 2.68. The maximum atomic E-state index is 10.5. The summed E-state index contributed by atoms with van der Waals surface area (Å²) in [5.74, 6) is 2.31. The van der Waals surface area contributed by atoms with E-state index in [0.29, 0.717) is 24.7 Å². The van der Waals surface area contributed by atoms with Gasteiger partial charge in [-0.05, 0) is 30.3 Å². The van der Waals surface area contributed by atoms with Crippen LogP contribution in [0.1, 0.15) is 0 Å². The van der Waals surface area contributed by atoms with Gasteiger partial charge in [-0.15, -0.1) is 0 Å². The molecule has 1 aliphatic heterocycles. The minimum absolute atomic E-state index is 0.172. The van der Waals surface area contributed by atoms with E-state index in [9.17, 15) is 5.11 Å². The first kappa shape index (κ1) is 12.9. The van der Waals surface area contributed by atoms with Crippen LogP contribution >= 0.6 is 0 Å². The Hall–Kier alpha value is -2.82. The minimum atomic E-state index is 0.172. The molecule has 5 nitrogen and oxygen atoms in total. The van der Waals surface area contributed by atoms with Gasteiger partial charge in [-0.1, -0.05) is 0 Å².